The molecule has 3 heterocycles. The van der Waals surface area contributed by atoms with Crippen LogP contribution in [0.3, 0.4) is 0 Å². The van der Waals surface area contributed by atoms with Crippen LogP contribution in [0.25, 0.3) is 84.5 Å². The number of rotatable bonds is 5. The number of benzene rings is 8. The highest BCUT2D eigenvalue weighted by Gasteiger charge is 2.19. The average molecular weight is 700 g/mol. The van der Waals surface area contributed by atoms with Crippen molar-refractivity contribution in [2.75, 3.05) is 4.90 Å². The van der Waals surface area contributed by atoms with Gasteiger partial charge in [-0.3, -0.25) is 0 Å². The fourth-order valence-corrected chi connectivity index (χ4v) is 10.1. The normalized spacial score (nSPS) is 11.8. The number of furan rings is 1. The summed E-state index contributed by atoms with van der Waals surface area (Å²) in [5.41, 5.74) is 9.99. The van der Waals surface area contributed by atoms with E-state index in [1.54, 1.807) is 0 Å². The van der Waals surface area contributed by atoms with E-state index in [-0.39, 0.29) is 0 Å². The average Bonchev–Trinajstić information content (AvgIpc) is 3.90. The van der Waals surface area contributed by atoms with Crippen molar-refractivity contribution >= 4 is 102 Å². The Labute approximate surface area is 308 Å². The lowest BCUT2D eigenvalue weighted by Crippen LogP contribution is -2.10. The minimum atomic E-state index is 0.909. The standard InChI is InChI=1S/C48H29NOS2/c1-4-14-41-36(9-1)37-28-23-32(29-42(37)50-41)30-19-24-33(25-20-30)49(40-13-8-18-46-48(40)39-11-3-6-16-44(39)52-46)34-26-21-31(22-27-34)35-12-7-17-45-47(35)38-10-2-5-15-43(38)51-45/h1-29H. The molecule has 52 heavy (non-hydrogen) atoms. The van der Waals surface area contributed by atoms with Crippen LogP contribution in [0.2, 0.25) is 0 Å². The minimum absolute atomic E-state index is 0.909. The van der Waals surface area contributed by atoms with Crippen molar-refractivity contribution in [1.82, 2.24) is 0 Å². The molecule has 0 bridgehead atoms. The van der Waals surface area contributed by atoms with Gasteiger partial charge >= 0.3 is 0 Å². The highest BCUT2D eigenvalue weighted by molar-refractivity contribution is 7.26. The molecular formula is C48H29NOS2. The molecule has 0 aliphatic rings. The molecule has 0 aliphatic heterocycles. The van der Waals surface area contributed by atoms with Crippen molar-refractivity contribution in [1.29, 1.82) is 0 Å². The zero-order valence-electron chi connectivity index (χ0n) is 27.9. The highest BCUT2D eigenvalue weighted by Crippen LogP contribution is 2.46. The Morgan fingerprint density at radius 1 is 0.365 bits per heavy atom. The van der Waals surface area contributed by atoms with Crippen LogP contribution in [-0.2, 0) is 0 Å². The van der Waals surface area contributed by atoms with Gasteiger partial charge in [0.25, 0.3) is 0 Å². The smallest absolute Gasteiger partial charge is 0.136 e. The van der Waals surface area contributed by atoms with Crippen LogP contribution in [0.4, 0.5) is 17.1 Å². The lowest BCUT2D eigenvalue weighted by atomic mass is 9.99. The molecule has 0 amide bonds. The van der Waals surface area contributed by atoms with E-state index < -0.39 is 0 Å². The molecule has 4 heteroatoms. The van der Waals surface area contributed by atoms with Gasteiger partial charge < -0.3 is 9.32 Å². The number of hydrogen-bond donors (Lipinski definition) is 0. The van der Waals surface area contributed by atoms with E-state index in [1.165, 1.54) is 57.2 Å². The number of anilines is 3. The predicted molar refractivity (Wildman–Crippen MR) is 225 cm³/mol. The molecule has 0 atom stereocenters. The summed E-state index contributed by atoms with van der Waals surface area (Å²) in [5, 5.41) is 7.51. The summed E-state index contributed by atoms with van der Waals surface area (Å²) in [6.07, 6.45) is 0. The van der Waals surface area contributed by atoms with Crippen molar-refractivity contribution < 1.29 is 4.42 Å². The maximum Gasteiger partial charge on any atom is 0.136 e. The summed E-state index contributed by atoms with van der Waals surface area (Å²) in [7, 11) is 0. The molecule has 0 saturated heterocycles. The second kappa shape index (κ2) is 11.7. The second-order valence-corrected chi connectivity index (χ2v) is 15.4. The van der Waals surface area contributed by atoms with E-state index in [0.717, 1.165) is 44.4 Å². The van der Waals surface area contributed by atoms with E-state index in [2.05, 4.69) is 169 Å². The van der Waals surface area contributed by atoms with Gasteiger partial charge in [-0.05, 0) is 95.1 Å². The van der Waals surface area contributed by atoms with Crippen LogP contribution in [0.1, 0.15) is 0 Å². The number of nitrogens with zero attached hydrogens (tertiary/aromatic N) is 1. The van der Waals surface area contributed by atoms with E-state index in [4.69, 9.17) is 4.42 Å². The SMILES string of the molecule is c1ccc2c(c1)oc1cc(-c3ccc(N(c4ccc(-c5cccc6sc7ccccc7c56)cc4)c4cccc5sc6ccccc6c45)cc3)ccc12. The second-order valence-electron chi connectivity index (χ2n) is 13.3. The first-order valence-corrected chi connectivity index (χ1v) is 19.1. The fraction of sp³-hybridized carbons (Fsp3) is 0. The van der Waals surface area contributed by atoms with Gasteiger partial charge in [0.1, 0.15) is 11.2 Å². The first-order chi connectivity index (χ1) is 25.8. The number of thiophene rings is 2. The van der Waals surface area contributed by atoms with Gasteiger partial charge in [0.05, 0.1) is 5.69 Å². The van der Waals surface area contributed by atoms with Gasteiger partial charge in [0, 0.05) is 62.5 Å². The third-order valence-corrected chi connectivity index (χ3v) is 12.6. The Morgan fingerprint density at radius 3 is 1.63 bits per heavy atom. The molecule has 3 aromatic heterocycles. The molecule has 11 aromatic rings. The van der Waals surface area contributed by atoms with Crippen LogP contribution in [0.15, 0.2) is 180 Å². The molecule has 244 valence electrons. The number of hydrogen-bond acceptors (Lipinski definition) is 4. The Bertz CT molecular complexity index is 3130. The molecule has 8 aromatic carbocycles. The number of fused-ring (bicyclic) bond motifs is 9. The van der Waals surface area contributed by atoms with Gasteiger partial charge in [-0.15, -0.1) is 22.7 Å². The molecule has 0 saturated carbocycles. The topological polar surface area (TPSA) is 16.4 Å². The Balaban J connectivity index is 1.05. The summed E-state index contributed by atoms with van der Waals surface area (Å²) in [4.78, 5) is 2.41. The molecule has 0 N–H and O–H groups in total. The Kier molecular flexibility index (Phi) is 6.63. The van der Waals surface area contributed by atoms with Gasteiger partial charge in [0.2, 0.25) is 0 Å². The molecular weight excluding hydrogens is 671 g/mol. The lowest BCUT2D eigenvalue weighted by Gasteiger charge is -2.27. The molecule has 2 nitrogen and oxygen atoms in total. The van der Waals surface area contributed by atoms with Crippen molar-refractivity contribution in [3.8, 4) is 22.3 Å². The van der Waals surface area contributed by atoms with E-state index >= 15 is 0 Å². The molecule has 0 spiro atoms. The third-order valence-electron chi connectivity index (χ3n) is 10.3. The fourth-order valence-electron chi connectivity index (χ4n) is 7.88. The molecule has 11 rings (SSSR count). The first-order valence-electron chi connectivity index (χ1n) is 17.5. The van der Waals surface area contributed by atoms with Crippen LogP contribution in [0, 0.1) is 0 Å². The van der Waals surface area contributed by atoms with Gasteiger partial charge in [-0.2, -0.15) is 0 Å². The molecule has 0 radical (unpaired) electrons. The van der Waals surface area contributed by atoms with E-state index in [1.807, 2.05) is 34.8 Å². The molecule has 0 unspecified atom stereocenters. The molecule has 0 fully saturated rings. The van der Waals surface area contributed by atoms with Crippen LogP contribution >= 0.6 is 22.7 Å². The predicted octanol–water partition coefficient (Wildman–Crippen LogP) is 15.1. The first kappa shape index (κ1) is 29.5. The summed E-state index contributed by atoms with van der Waals surface area (Å²) < 4.78 is 11.5. The van der Waals surface area contributed by atoms with Crippen molar-refractivity contribution in [3.05, 3.63) is 176 Å². The quantitative estimate of drug-likeness (QED) is 0.178. The van der Waals surface area contributed by atoms with Gasteiger partial charge in [-0.1, -0.05) is 103 Å². The van der Waals surface area contributed by atoms with Crippen LogP contribution in [-0.4, -0.2) is 0 Å². The van der Waals surface area contributed by atoms with Crippen molar-refractivity contribution in [3.63, 3.8) is 0 Å². The lowest BCUT2D eigenvalue weighted by molar-refractivity contribution is 0.669. The summed E-state index contributed by atoms with van der Waals surface area (Å²) in [5.74, 6) is 0. The zero-order chi connectivity index (χ0) is 34.2. The zero-order valence-corrected chi connectivity index (χ0v) is 29.5. The largest absolute Gasteiger partial charge is 0.456 e. The van der Waals surface area contributed by atoms with Gasteiger partial charge in [-0.25, -0.2) is 0 Å². The summed E-state index contributed by atoms with van der Waals surface area (Å²) in [6, 6.07) is 63.7. The van der Waals surface area contributed by atoms with Crippen molar-refractivity contribution in [2.24, 2.45) is 0 Å². The highest BCUT2D eigenvalue weighted by atomic mass is 32.1. The Hall–Kier alpha value is -6.20. The maximum atomic E-state index is 6.24. The van der Waals surface area contributed by atoms with Gasteiger partial charge in [0.15, 0.2) is 0 Å². The molecule has 0 aliphatic carbocycles. The monoisotopic (exact) mass is 699 g/mol. The van der Waals surface area contributed by atoms with Crippen molar-refractivity contribution in [2.45, 2.75) is 0 Å². The number of para-hydroxylation sites is 1. The summed E-state index contributed by atoms with van der Waals surface area (Å²) >= 11 is 3.72. The minimum Gasteiger partial charge on any atom is -0.456 e. The summed E-state index contributed by atoms with van der Waals surface area (Å²) in [6.45, 7) is 0. The van der Waals surface area contributed by atoms with E-state index in [0.29, 0.717) is 0 Å². The van der Waals surface area contributed by atoms with Crippen LogP contribution < -0.4 is 4.90 Å². The Morgan fingerprint density at radius 2 is 0.904 bits per heavy atom. The van der Waals surface area contributed by atoms with E-state index in [9.17, 15) is 0 Å². The third kappa shape index (κ3) is 4.62. The maximum absolute atomic E-state index is 6.24. The van der Waals surface area contributed by atoms with Crippen LogP contribution in [0.5, 0.6) is 0 Å².